The second kappa shape index (κ2) is 9.61. The van der Waals surface area contributed by atoms with Crippen LogP contribution in [-0.4, -0.2) is 46.5 Å². The number of carbonyl (C=O) groups is 2. The molecule has 134 valence electrons. The summed E-state index contributed by atoms with van der Waals surface area (Å²) >= 11 is 0. The van der Waals surface area contributed by atoms with Gasteiger partial charge in [0.15, 0.2) is 0 Å². The van der Waals surface area contributed by atoms with Crippen molar-refractivity contribution in [1.29, 1.82) is 0 Å². The average molecular weight is 343 g/mol. The van der Waals surface area contributed by atoms with Crippen molar-refractivity contribution in [3.05, 3.63) is 54.6 Å². The minimum absolute atomic E-state index is 0.0209. The van der Waals surface area contributed by atoms with Crippen LogP contribution >= 0.6 is 0 Å². The van der Waals surface area contributed by atoms with Gasteiger partial charge >= 0.3 is 5.97 Å². The molecule has 1 aromatic heterocycles. The Morgan fingerprint density at radius 2 is 2.04 bits per heavy atom. The van der Waals surface area contributed by atoms with Crippen molar-refractivity contribution in [2.45, 2.75) is 26.3 Å². The van der Waals surface area contributed by atoms with E-state index in [-0.39, 0.29) is 17.8 Å². The van der Waals surface area contributed by atoms with Crippen LogP contribution in [0.5, 0.6) is 0 Å². The molecule has 0 saturated carbocycles. The van der Waals surface area contributed by atoms with Crippen molar-refractivity contribution in [3.63, 3.8) is 0 Å². The average Bonchev–Trinajstić information content (AvgIpc) is 3.14. The summed E-state index contributed by atoms with van der Waals surface area (Å²) in [5.41, 5.74) is 0.970. The van der Waals surface area contributed by atoms with Crippen molar-refractivity contribution in [2.24, 2.45) is 5.92 Å². The molecule has 2 aromatic rings. The van der Waals surface area contributed by atoms with Crippen LogP contribution in [0.1, 0.15) is 18.9 Å². The highest BCUT2D eigenvalue weighted by molar-refractivity contribution is 5.80. The fraction of sp³-hybridized carbons (Fsp3) is 0.421. The van der Waals surface area contributed by atoms with Gasteiger partial charge in [-0.15, -0.1) is 0 Å². The summed E-state index contributed by atoms with van der Waals surface area (Å²) in [6.45, 7) is 3.51. The number of methoxy groups -OCH3 is 1. The number of hydrogen-bond acceptors (Lipinski definition) is 4. The number of benzene rings is 1. The van der Waals surface area contributed by atoms with Crippen LogP contribution in [0.4, 0.5) is 0 Å². The highest BCUT2D eigenvalue weighted by Gasteiger charge is 2.21. The first-order chi connectivity index (χ1) is 12.1. The summed E-state index contributed by atoms with van der Waals surface area (Å²) in [6.07, 6.45) is 6.52. The number of imidazole rings is 1. The molecule has 1 aromatic carbocycles. The van der Waals surface area contributed by atoms with Crippen molar-refractivity contribution in [2.75, 3.05) is 20.2 Å². The maximum absolute atomic E-state index is 12.7. The van der Waals surface area contributed by atoms with Gasteiger partial charge in [-0.1, -0.05) is 37.3 Å². The number of amides is 1. The number of esters is 1. The van der Waals surface area contributed by atoms with Gasteiger partial charge in [-0.25, -0.2) is 4.98 Å². The SMILES string of the molecule is COC(=O)C(C)CN(CCCn1ccnc1)C(=O)Cc1ccccc1. The Labute approximate surface area is 148 Å². The highest BCUT2D eigenvalue weighted by atomic mass is 16.5. The zero-order valence-corrected chi connectivity index (χ0v) is 14.8. The molecular formula is C19H25N3O3. The number of hydrogen-bond donors (Lipinski definition) is 0. The summed E-state index contributed by atoms with van der Waals surface area (Å²) in [7, 11) is 1.37. The zero-order chi connectivity index (χ0) is 18.1. The topological polar surface area (TPSA) is 64.4 Å². The Hall–Kier alpha value is -2.63. The standard InChI is InChI=1S/C19H25N3O3/c1-16(19(24)25-2)14-22(11-6-10-21-12-9-20-15-21)18(23)13-17-7-4-3-5-8-17/h3-5,7-9,12,15-16H,6,10-11,13-14H2,1-2H3. The fourth-order valence-electron chi connectivity index (χ4n) is 2.67. The van der Waals surface area contributed by atoms with E-state index in [2.05, 4.69) is 4.98 Å². The van der Waals surface area contributed by atoms with E-state index in [4.69, 9.17) is 4.74 Å². The Balaban J connectivity index is 1.96. The molecule has 1 amide bonds. The predicted molar refractivity (Wildman–Crippen MR) is 94.8 cm³/mol. The minimum Gasteiger partial charge on any atom is -0.469 e. The molecule has 6 nitrogen and oxygen atoms in total. The molecule has 0 aliphatic carbocycles. The van der Waals surface area contributed by atoms with Crippen LogP contribution in [-0.2, 0) is 27.3 Å². The van der Waals surface area contributed by atoms with Gasteiger partial charge in [-0.3, -0.25) is 9.59 Å². The highest BCUT2D eigenvalue weighted by Crippen LogP contribution is 2.09. The van der Waals surface area contributed by atoms with E-state index in [1.807, 2.05) is 41.1 Å². The Bertz CT molecular complexity index is 656. The molecule has 0 radical (unpaired) electrons. The Morgan fingerprint density at radius 1 is 1.28 bits per heavy atom. The van der Waals surface area contributed by atoms with E-state index in [9.17, 15) is 9.59 Å². The molecule has 2 rings (SSSR count). The Kier molecular flexibility index (Phi) is 7.19. The van der Waals surface area contributed by atoms with E-state index in [1.54, 1.807) is 24.3 Å². The summed E-state index contributed by atoms with van der Waals surface area (Å²) in [5.74, 6) is -0.627. The minimum atomic E-state index is -0.349. The third-order valence-electron chi connectivity index (χ3n) is 4.05. The van der Waals surface area contributed by atoms with Crippen LogP contribution < -0.4 is 0 Å². The normalized spacial score (nSPS) is 11.8. The van der Waals surface area contributed by atoms with E-state index >= 15 is 0 Å². The number of rotatable bonds is 9. The van der Waals surface area contributed by atoms with E-state index < -0.39 is 0 Å². The first kappa shape index (κ1) is 18.7. The lowest BCUT2D eigenvalue weighted by Crippen LogP contribution is -2.39. The van der Waals surface area contributed by atoms with Crippen molar-refractivity contribution < 1.29 is 14.3 Å². The Morgan fingerprint density at radius 3 is 2.68 bits per heavy atom. The smallest absolute Gasteiger partial charge is 0.310 e. The van der Waals surface area contributed by atoms with Gasteiger partial charge in [0.25, 0.3) is 0 Å². The van der Waals surface area contributed by atoms with Crippen LogP contribution in [0.25, 0.3) is 0 Å². The van der Waals surface area contributed by atoms with Gasteiger partial charge in [0.2, 0.25) is 5.91 Å². The van der Waals surface area contributed by atoms with Gasteiger partial charge in [0.1, 0.15) is 0 Å². The molecule has 1 unspecified atom stereocenters. The maximum atomic E-state index is 12.7. The lowest BCUT2D eigenvalue weighted by molar-refractivity contribution is -0.146. The summed E-state index contributed by atoms with van der Waals surface area (Å²) in [6, 6.07) is 9.64. The van der Waals surface area contributed by atoms with Crippen LogP contribution in [0.3, 0.4) is 0 Å². The van der Waals surface area contributed by atoms with Crippen molar-refractivity contribution in [3.8, 4) is 0 Å². The number of nitrogens with zero attached hydrogens (tertiary/aromatic N) is 3. The van der Waals surface area contributed by atoms with Crippen molar-refractivity contribution in [1.82, 2.24) is 14.5 Å². The fourth-order valence-corrected chi connectivity index (χ4v) is 2.67. The zero-order valence-electron chi connectivity index (χ0n) is 14.8. The third-order valence-corrected chi connectivity index (χ3v) is 4.05. The number of carbonyl (C=O) groups excluding carboxylic acids is 2. The first-order valence-electron chi connectivity index (χ1n) is 8.45. The van der Waals surface area contributed by atoms with E-state index in [0.29, 0.717) is 19.5 Å². The van der Waals surface area contributed by atoms with Crippen LogP contribution in [0, 0.1) is 5.92 Å². The second-order valence-electron chi connectivity index (χ2n) is 6.08. The van der Waals surface area contributed by atoms with Gasteiger partial charge in [0, 0.05) is 32.0 Å². The lowest BCUT2D eigenvalue weighted by Gasteiger charge is -2.25. The van der Waals surface area contributed by atoms with Gasteiger partial charge in [-0.2, -0.15) is 0 Å². The van der Waals surface area contributed by atoms with Crippen LogP contribution in [0.2, 0.25) is 0 Å². The molecule has 0 fully saturated rings. The van der Waals surface area contributed by atoms with Crippen molar-refractivity contribution >= 4 is 11.9 Å². The molecule has 0 aliphatic heterocycles. The summed E-state index contributed by atoms with van der Waals surface area (Å²) < 4.78 is 6.76. The molecule has 0 aliphatic rings. The van der Waals surface area contributed by atoms with Gasteiger partial charge in [0.05, 0.1) is 25.8 Å². The molecule has 6 heteroatoms. The van der Waals surface area contributed by atoms with Crippen LogP contribution in [0.15, 0.2) is 49.1 Å². The van der Waals surface area contributed by atoms with E-state index in [1.165, 1.54) is 7.11 Å². The monoisotopic (exact) mass is 343 g/mol. The molecule has 0 N–H and O–H groups in total. The quantitative estimate of drug-likeness (QED) is 0.655. The number of aryl methyl sites for hydroxylation is 1. The summed E-state index contributed by atoms with van der Waals surface area (Å²) in [5, 5.41) is 0. The van der Waals surface area contributed by atoms with Gasteiger partial charge < -0.3 is 14.2 Å². The molecule has 1 atom stereocenters. The second-order valence-corrected chi connectivity index (χ2v) is 6.08. The molecule has 1 heterocycles. The maximum Gasteiger partial charge on any atom is 0.310 e. The molecule has 0 spiro atoms. The lowest BCUT2D eigenvalue weighted by atomic mass is 10.1. The molecule has 0 saturated heterocycles. The first-order valence-corrected chi connectivity index (χ1v) is 8.45. The number of aromatic nitrogens is 2. The third kappa shape index (κ3) is 6.06. The summed E-state index contributed by atoms with van der Waals surface area (Å²) in [4.78, 5) is 30.2. The largest absolute Gasteiger partial charge is 0.469 e. The van der Waals surface area contributed by atoms with E-state index in [0.717, 1.165) is 18.5 Å². The molecule has 0 bridgehead atoms. The molecular weight excluding hydrogens is 318 g/mol. The van der Waals surface area contributed by atoms with Gasteiger partial charge in [-0.05, 0) is 12.0 Å². The molecule has 25 heavy (non-hydrogen) atoms. The predicted octanol–water partition coefficient (Wildman–Crippen LogP) is 2.15. The number of ether oxygens (including phenoxy) is 1.